The van der Waals surface area contributed by atoms with Crippen LogP contribution in [0.15, 0.2) is 90.1 Å². The summed E-state index contributed by atoms with van der Waals surface area (Å²) in [6.45, 7) is 1.76. The number of aromatic nitrogens is 3. The Balaban J connectivity index is 1.63. The number of halogens is 1. The lowest BCUT2D eigenvalue weighted by Gasteiger charge is -2.14. The second kappa shape index (κ2) is 8.92. The van der Waals surface area contributed by atoms with Gasteiger partial charge in [0.15, 0.2) is 11.0 Å². The van der Waals surface area contributed by atoms with Crippen LogP contribution >= 0.6 is 11.8 Å². The van der Waals surface area contributed by atoms with Crippen LogP contribution in [0.1, 0.15) is 6.92 Å². The lowest BCUT2D eigenvalue weighted by molar-refractivity contribution is -0.115. The van der Waals surface area contributed by atoms with Crippen molar-refractivity contribution < 1.29 is 9.18 Å². The van der Waals surface area contributed by atoms with E-state index < -0.39 is 11.1 Å². The van der Waals surface area contributed by atoms with Crippen LogP contribution in [-0.4, -0.2) is 25.9 Å². The molecule has 4 rings (SSSR count). The third-order valence-electron chi connectivity index (χ3n) is 4.46. The zero-order valence-electron chi connectivity index (χ0n) is 16.2. The second-order valence-corrected chi connectivity index (χ2v) is 7.88. The van der Waals surface area contributed by atoms with E-state index in [9.17, 15) is 9.18 Å². The van der Waals surface area contributed by atoms with Gasteiger partial charge in [0.25, 0.3) is 0 Å². The maximum Gasteiger partial charge on any atom is 0.237 e. The number of carbonyl (C=O) groups is 1. The second-order valence-electron chi connectivity index (χ2n) is 6.57. The Morgan fingerprint density at radius 3 is 2.27 bits per heavy atom. The van der Waals surface area contributed by atoms with Crippen molar-refractivity contribution in [3.8, 4) is 17.1 Å². The van der Waals surface area contributed by atoms with Gasteiger partial charge in [-0.1, -0.05) is 72.4 Å². The van der Waals surface area contributed by atoms with Gasteiger partial charge in [-0.25, -0.2) is 4.39 Å². The molecule has 30 heavy (non-hydrogen) atoms. The van der Waals surface area contributed by atoms with Crippen LogP contribution in [0, 0.1) is 5.82 Å². The van der Waals surface area contributed by atoms with Gasteiger partial charge < -0.3 is 5.32 Å². The average Bonchev–Trinajstić information content (AvgIpc) is 3.20. The number of anilines is 1. The number of nitrogens with one attached hydrogen (secondary N) is 1. The molecule has 4 aromatic rings. The Kier molecular flexibility index (Phi) is 5.90. The van der Waals surface area contributed by atoms with Gasteiger partial charge in [0.1, 0.15) is 5.82 Å². The quantitative estimate of drug-likeness (QED) is 0.438. The standard InChI is InChI=1S/C23H19FN4OS/c1-16(22(29)25-20-15-9-8-14-19(20)24)30-23-27-26-21(17-10-4-2-5-11-17)28(23)18-12-6-3-7-13-18/h2-16H,1H3,(H,25,29)/t16-/m0/s1. The molecule has 0 spiro atoms. The zero-order valence-corrected chi connectivity index (χ0v) is 17.0. The maximum atomic E-state index is 13.9. The summed E-state index contributed by atoms with van der Waals surface area (Å²) in [6.07, 6.45) is 0. The highest BCUT2D eigenvalue weighted by molar-refractivity contribution is 8.00. The van der Waals surface area contributed by atoms with Gasteiger partial charge in [0.05, 0.1) is 10.9 Å². The summed E-state index contributed by atoms with van der Waals surface area (Å²) in [5.41, 5.74) is 1.97. The van der Waals surface area contributed by atoms with Gasteiger partial charge in [-0.15, -0.1) is 10.2 Å². The van der Waals surface area contributed by atoms with Gasteiger partial charge in [-0.05, 0) is 31.2 Å². The maximum absolute atomic E-state index is 13.9. The molecule has 1 amide bonds. The van der Waals surface area contributed by atoms with Crippen molar-refractivity contribution in [2.24, 2.45) is 0 Å². The molecular formula is C23H19FN4OS. The summed E-state index contributed by atoms with van der Waals surface area (Å²) in [6, 6.07) is 25.6. The highest BCUT2D eigenvalue weighted by atomic mass is 32.2. The monoisotopic (exact) mass is 418 g/mol. The SMILES string of the molecule is C[C@H](Sc1nnc(-c2ccccc2)n1-c1ccccc1)C(=O)Nc1ccccc1F. The first-order valence-electron chi connectivity index (χ1n) is 9.42. The molecule has 0 radical (unpaired) electrons. The third-order valence-corrected chi connectivity index (χ3v) is 5.51. The van der Waals surface area contributed by atoms with Gasteiger partial charge in [0, 0.05) is 11.3 Å². The van der Waals surface area contributed by atoms with Crippen molar-refractivity contribution in [2.45, 2.75) is 17.3 Å². The topological polar surface area (TPSA) is 59.8 Å². The molecule has 0 saturated carbocycles. The molecule has 0 aliphatic carbocycles. The predicted octanol–water partition coefficient (Wildman–Crippen LogP) is 5.19. The fourth-order valence-electron chi connectivity index (χ4n) is 2.94. The van der Waals surface area contributed by atoms with Crippen molar-refractivity contribution >= 4 is 23.4 Å². The van der Waals surface area contributed by atoms with Crippen LogP contribution in [0.3, 0.4) is 0 Å². The Morgan fingerprint density at radius 2 is 1.57 bits per heavy atom. The minimum absolute atomic E-state index is 0.157. The van der Waals surface area contributed by atoms with Crippen molar-refractivity contribution in [1.82, 2.24) is 14.8 Å². The Labute approximate surface area is 178 Å². The van der Waals surface area contributed by atoms with E-state index in [0.29, 0.717) is 11.0 Å². The molecule has 0 saturated heterocycles. The molecule has 7 heteroatoms. The smallest absolute Gasteiger partial charge is 0.237 e. The third kappa shape index (κ3) is 4.26. The summed E-state index contributed by atoms with van der Waals surface area (Å²) in [4.78, 5) is 12.6. The first-order valence-corrected chi connectivity index (χ1v) is 10.3. The van der Waals surface area contributed by atoms with Gasteiger partial charge in [0.2, 0.25) is 5.91 Å². The molecule has 1 N–H and O–H groups in total. The van der Waals surface area contributed by atoms with Crippen LogP contribution in [0.25, 0.3) is 17.1 Å². The molecule has 0 unspecified atom stereocenters. The van der Waals surface area contributed by atoms with E-state index in [4.69, 9.17) is 0 Å². The fourth-order valence-corrected chi connectivity index (χ4v) is 3.81. The first-order chi connectivity index (χ1) is 14.6. The summed E-state index contributed by atoms with van der Waals surface area (Å²) in [7, 11) is 0. The fraction of sp³-hybridized carbons (Fsp3) is 0.0870. The zero-order chi connectivity index (χ0) is 20.9. The largest absolute Gasteiger partial charge is 0.323 e. The van der Waals surface area contributed by atoms with Crippen LogP contribution in [0.5, 0.6) is 0 Å². The van der Waals surface area contributed by atoms with E-state index in [-0.39, 0.29) is 11.6 Å². The predicted molar refractivity (Wildman–Crippen MR) is 117 cm³/mol. The molecule has 0 fully saturated rings. The number of rotatable bonds is 6. The molecule has 150 valence electrons. The summed E-state index contributed by atoms with van der Waals surface area (Å²) in [5.74, 6) is -0.0955. The molecule has 1 aromatic heterocycles. The summed E-state index contributed by atoms with van der Waals surface area (Å²) >= 11 is 1.27. The minimum Gasteiger partial charge on any atom is -0.323 e. The van der Waals surface area contributed by atoms with Crippen LogP contribution in [0.2, 0.25) is 0 Å². The lowest BCUT2D eigenvalue weighted by Crippen LogP contribution is -2.23. The number of carbonyl (C=O) groups excluding carboxylic acids is 1. The summed E-state index contributed by atoms with van der Waals surface area (Å²) < 4.78 is 15.8. The number of hydrogen-bond acceptors (Lipinski definition) is 4. The number of amides is 1. The van der Waals surface area contributed by atoms with Crippen molar-refractivity contribution in [2.75, 3.05) is 5.32 Å². The number of para-hydroxylation sites is 2. The van der Waals surface area contributed by atoms with E-state index in [1.54, 1.807) is 19.1 Å². The minimum atomic E-state index is -0.514. The number of nitrogens with zero attached hydrogens (tertiary/aromatic N) is 3. The molecule has 1 atom stereocenters. The van der Waals surface area contributed by atoms with Crippen molar-refractivity contribution in [3.05, 3.63) is 90.7 Å². The average molecular weight is 418 g/mol. The number of thioether (sulfide) groups is 1. The molecule has 0 aliphatic heterocycles. The van der Waals surface area contributed by atoms with E-state index in [1.165, 1.54) is 23.9 Å². The summed E-state index contributed by atoms with van der Waals surface area (Å²) in [5, 5.41) is 11.4. The molecule has 1 heterocycles. The van der Waals surface area contributed by atoms with Gasteiger partial charge >= 0.3 is 0 Å². The van der Waals surface area contributed by atoms with E-state index in [2.05, 4.69) is 15.5 Å². The molecule has 0 bridgehead atoms. The number of benzene rings is 3. The van der Waals surface area contributed by atoms with Gasteiger partial charge in [-0.3, -0.25) is 9.36 Å². The van der Waals surface area contributed by atoms with Crippen molar-refractivity contribution in [1.29, 1.82) is 0 Å². The normalized spacial score (nSPS) is 11.8. The number of hydrogen-bond donors (Lipinski definition) is 1. The Hall–Kier alpha value is -3.45. The van der Waals surface area contributed by atoms with Gasteiger partial charge in [-0.2, -0.15) is 0 Å². The van der Waals surface area contributed by atoms with Crippen LogP contribution < -0.4 is 5.32 Å². The molecule has 0 aliphatic rings. The Morgan fingerprint density at radius 1 is 0.933 bits per heavy atom. The van der Waals surface area contributed by atoms with Crippen LogP contribution in [0.4, 0.5) is 10.1 Å². The first kappa shape index (κ1) is 19.8. The van der Waals surface area contributed by atoms with Crippen molar-refractivity contribution in [3.63, 3.8) is 0 Å². The Bertz CT molecular complexity index is 1150. The van der Waals surface area contributed by atoms with E-state index in [1.807, 2.05) is 65.2 Å². The lowest BCUT2D eigenvalue weighted by atomic mass is 10.2. The molecule has 3 aromatic carbocycles. The van der Waals surface area contributed by atoms with E-state index in [0.717, 1.165) is 11.3 Å². The van der Waals surface area contributed by atoms with E-state index >= 15 is 0 Å². The highest BCUT2D eigenvalue weighted by Crippen LogP contribution is 2.30. The molecular weight excluding hydrogens is 399 g/mol. The van der Waals surface area contributed by atoms with Crippen LogP contribution in [-0.2, 0) is 4.79 Å². The molecule has 5 nitrogen and oxygen atoms in total. The highest BCUT2D eigenvalue weighted by Gasteiger charge is 2.22.